The van der Waals surface area contributed by atoms with Crippen molar-refractivity contribution in [3.05, 3.63) is 51.7 Å². The molecule has 0 saturated carbocycles. The zero-order chi connectivity index (χ0) is 18.4. The molecule has 0 aliphatic heterocycles. The summed E-state index contributed by atoms with van der Waals surface area (Å²) >= 11 is 4.13. The number of nitrogens with zero attached hydrogens (tertiary/aromatic N) is 2. The number of hydrogen-bond donors (Lipinski definition) is 2. The third-order valence-electron chi connectivity index (χ3n) is 4.79. The molecule has 134 valence electrons. The molecule has 0 unspecified atom stereocenters. The van der Waals surface area contributed by atoms with E-state index in [9.17, 15) is 0 Å². The van der Waals surface area contributed by atoms with Gasteiger partial charge in [-0.2, -0.15) is 5.10 Å². The summed E-state index contributed by atoms with van der Waals surface area (Å²) in [6.07, 6.45) is 0. The first-order valence-electron chi connectivity index (χ1n) is 8.61. The number of fused-ring (bicyclic) bond motifs is 3. The average molecular weight is 476 g/mol. The lowest BCUT2D eigenvalue weighted by Crippen LogP contribution is -2.00. The Labute approximate surface area is 170 Å². The van der Waals surface area contributed by atoms with Crippen molar-refractivity contribution in [1.82, 2.24) is 15.2 Å². The van der Waals surface area contributed by atoms with Crippen LogP contribution in [0.4, 0.5) is 5.82 Å². The van der Waals surface area contributed by atoms with E-state index in [1.54, 1.807) is 11.3 Å². The van der Waals surface area contributed by atoms with E-state index >= 15 is 0 Å². The Bertz CT molecular complexity index is 1110. The predicted octanol–water partition coefficient (Wildman–Crippen LogP) is 5.95. The van der Waals surface area contributed by atoms with Crippen LogP contribution < -0.4 is 5.32 Å². The van der Waals surface area contributed by atoms with Gasteiger partial charge in [-0.15, -0.1) is 11.3 Å². The maximum Gasteiger partial charge on any atom is 0.166 e. The summed E-state index contributed by atoms with van der Waals surface area (Å²) in [6, 6.07) is 6.64. The van der Waals surface area contributed by atoms with Crippen molar-refractivity contribution in [3.8, 4) is 0 Å². The summed E-state index contributed by atoms with van der Waals surface area (Å²) in [5, 5.41) is 12.5. The Hall–Kier alpha value is -1.67. The van der Waals surface area contributed by atoms with Gasteiger partial charge in [0.25, 0.3) is 0 Å². The fourth-order valence-corrected chi connectivity index (χ4v) is 5.92. The number of alkyl halides is 1. The molecular weight excluding hydrogens is 455 g/mol. The molecule has 0 aliphatic rings. The van der Waals surface area contributed by atoms with Crippen molar-refractivity contribution in [3.63, 3.8) is 0 Å². The number of aromatic amines is 1. The second-order valence-corrected chi connectivity index (χ2v) is 8.60. The van der Waals surface area contributed by atoms with E-state index in [0.29, 0.717) is 0 Å². The SMILES string of the molecule is Cc1cc(C)cc(CNc2n[nH]c3c2sc2nc(C)c(CI)c(C)c23)c1. The van der Waals surface area contributed by atoms with Crippen molar-refractivity contribution in [1.29, 1.82) is 0 Å². The maximum atomic E-state index is 4.84. The Balaban J connectivity index is 1.74. The zero-order valence-corrected chi connectivity index (χ0v) is 18.3. The highest BCUT2D eigenvalue weighted by atomic mass is 127. The first-order chi connectivity index (χ1) is 12.5. The average Bonchev–Trinajstić information content (AvgIpc) is 3.11. The van der Waals surface area contributed by atoms with Gasteiger partial charge in [0.05, 0.1) is 10.2 Å². The highest BCUT2D eigenvalue weighted by Crippen LogP contribution is 2.39. The van der Waals surface area contributed by atoms with E-state index in [0.717, 1.165) is 37.5 Å². The van der Waals surface area contributed by atoms with Crippen LogP contribution >= 0.6 is 33.9 Å². The van der Waals surface area contributed by atoms with Crippen molar-refractivity contribution in [2.75, 3.05) is 5.32 Å². The summed E-state index contributed by atoms with van der Waals surface area (Å²) in [6.45, 7) is 9.33. The quantitative estimate of drug-likeness (QED) is 0.283. The fourth-order valence-electron chi connectivity index (χ4n) is 3.60. The molecule has 26 heavy (non-hydrogen) atoms. The molecule has 4 nitrogen and oxygen atoms in total. The Morgan fingerprint density at radius 2 is 1.85 bits per heavy atom. The van der Waals surface area contributed by atoms with Gasteiger partial charge in [-0.05, 0) is 44.4 Å². The number of H-pyrrole nitrogens is 1. The molecule has 4 rings (SSSR count). The highest BCUT2D eigenvalue weighted by molar-refractivity contribution is 14.1. The second-order valence-electron chi connectivity index (χ2n) is 6.84. The predicted molar refractivity (Wildman–Crippen MR) is 120 cm³/mol. The standard InChI is InChI=1S/C20H21IN4S/c1-10-5-11(2)7-14(6-10)9-22-19-18-17(24-25-19)16-12(3)15(8-21)13(4)23-20(16)26-18/h5-7H,8-9H2,1-4H3,(H2,22,24,25). The van der Waals surface area contributed by atoms with Gasteiger partial charge in [0, 0.05) is 22.1 Å². The number of nitrogens with one attached hydrogen (secondary N) is 2. The van der Waals surface area contributed by atoms with E-state index < -0.39 is 0 Å². The van der Waals surface area contributed by atoms with Gasteiger partial charge in [0.2, 0.25) is 0 Å². The van der Waals surface area contributed by atoms with Gasteiger partial charge < -0.3 is 5.32 Å². The number of aromatic nitrogens is 3. The van der Waals surface area contributed by atoms with Crippen LogP contribution in [0.1, 0.15) is 33.5 Å². The zero-order valence-electron chi connectivity index (χ0n) is 15.3. The number of pyridine rings is 1. The smallest absolute Gasteiger partial charge is 0.166 e. The summed E-state index contributed by atoms with van der Waals surface area (Å²) in [5.41, 5.74) is 8.73. The molecular formula is C20H21IN4S. The number of halogens is 1. The van der Waals surface area contributed by atoms with E-state index in [2.05, 4.69) is 84.0 Å². The van der Waals surface area contributed by atoms with Crippen molar-refractivity contribution in [2.24, 2.45) is 0 Å². The van der Waals surface area contributed by atoms with Crippen LogP contribution in [0.2, 0.25) is 0 Å². The van der Waals surface area contributed by atoms with Crippen LogP contribution in [0, 0.1) is 27.7 Å². The minimum Gasteiger partial charge on any atom is -0.363 e. The van der Waals surface area contributed by atoms with Crippen molar-refractivity contribution < 1.29 is 0 Å². The summed E-state index contributed by atoms with van der Waals surface area (Å²) in [4.78, 5) is 5.93. The molecule has 6 heteroatoms. The number of benzene rings is 1. The van der Waals surface area contributed by atoms with E-state index in [-0.39, 0.29) is 0 Å². The van der Waals surface area contributed by atoms with Gasteiger partial charge >= 0.3 is 0 Å². The largest absolute Gasteiger partial charge is 0.363 e. The summed E-state index contributed by atoms with van der Waals surface area (Å²) < 4.78 is 2.13. The van der Waals surface area contributed by atoms with E-state index in [4.69, 9.17) is 4.98 Å². The van der Waals surface area contributed by atoms with Gasteiger partial charge in [-0.25, -0.2) is 4.98 Å². The molecule has 4 aromatic rings. The van der Waals surface area contributed by atoms with Crippen molar-refractivity contribution >= 4 is 60.2 Å². The van der Waals surface area contributed by atoms with Gasteiger partial charge in [-0.3, -0.25) is 5.10 Å². The van der Waals surface area contributed by atoms with Crippen LogP contribution in [0.3, 0.4) is 0 Å². The molecule has 0 aliphatic carbocycles. The minimum absolute atomic E-state index is 0.765. The molecule has 0 saturated heterocycles. The van der Waals surface area contributed by atoms with Gasteiger partial charge in [0.1, 0.15) is 4.83 Å². The topological polar surface area (TPSA) is 53.6 Å². The Morgan fingerprint density at radius 1 is 1.12 bits per heavy atom. The fraction of sp³-hybridized carbons (Fsp3) is 0.300. The summed E-state index contributed by atoms with van der Waals surface area (Å²) in [7, 11) is 0. The Morgan fingerprint density at radius 3 is 2.54 bits per heavy atom. The van der Waals surface area contributed by atoms with E-state index in [1.165, 1.54) is 33.2 Å². The first-order valence-corrected chi connectivity index (χ1v) is 11.0. The molecule has 1 aromatic carbocycles. The van der Waals surface area contributed by atoms with Gasteiger partial charge in [-0.1, -0.05) is 51.9 Å². The van der Waals surface area contributed by atoms with Crippen LogP contribution in [0.5, 0.6) is 0 Å². The van der Waals surface area contributed by atoms with Crippen LogP contribution in [0.25, 0.3) is 20.4 Å². The lowest BCUT2D eigenvalue weighted by atomic mass is 10.1. The lowest BCUT2D eigenvalue weighted by Gasteiger charge is -2.07. The molecule has 3 heterocycles. The molecule has 0 spiro atoms. The molecule has 0 radical (unpaired) electrons. The van der Waals surface area contributed by atoms with Crippen LogP contribution in [-0.4, -0.2) is 15.2 Å². The third-order valence-corrected chi connectivity index (χ3v) is 6.65. The number of aryl methyl sites for hydroxylation is 4. The number of rotatable bonds is 4. The summed E-state index contributed by atoms with van der Waals surface area (Å²) in [5.74, 6) is 0.912. The lowest BCUT2D eigenvalue weighted by molar-refractivity contribution is 1.06. The molecule has 0 fully saturated rings. The molecule has 0 atom stereocenters. The van der Waals surface area contributed by atoms with Crippen molar-refractivity contribution in [2.45, 2.75) is 38.7 Å². The molecule has 0 bridgehead atoms. The number of thiophene rings is 1. The van der Waals surface area contributed by atoms with E-state index in [1.807, 2.05) is 0 Å². The molecule has 2 N–H and O–H groups in total. The monoisotopic (exact) mass is 476 g/mol. The maximum absolute atomic E-state index is 4.84. The first kappa shape index (κ1) is 17.7. The normalized spacial score (nSPS) is 11.6. The van der Waals surface area contributed by atoms with Crippen LogP contribution in [-0.2, 0) is 11.0 Å². The van der Waals surface area contributed by atoms with Gasteiger partial charge in [0.15, 0.2) is 5.82 Å². The third kappa shape index (κ3) is 2.99. The molecule has 0 amide bonds. The van der Waals surface area contributed by atoms with Crippen LogP contribution in [0.15, 0.2) is 18.2 Å². The Kier molecular flexibility index (Phi) is 4.64. The second kappa shape index (κ2) is 6.81. The molecule has 3 aromatic heterocycles. The number of hydrogen-bond acceptors (Lipinski definition) is 4. The highest BCUT2D eigenvalue weighted by Gasteiger charge is 2.18. The number of anilines is 1. The minimum atomic E-state index is 0.765.